The number of aromatic nitrogens is 1. The molecule has 2 aromatic rings. The average Bonchev–Trinajstić information content (AvgIpc) is 2.77. The van der Waals surface area contributed by atoms with Crippen LogP contribution in [0.1, 0.15) is 25.8 Å². The van der Waals surface area contributed by atoms with Gasteiger partial charge in [0.1, 0.15) is 0 Å². The molecule has 1 heterocycles. The molecule has 2 rings (SSSR count). The smallest absolute Gasteiger partial charge is 0.258 e. The summed E-state index contributed by atoms with van der Waals surface area (Å²) < 4.78 is 14.0. The lowest BCUT2D eigenvalue weighted by molar-refractivity contribution is -0.387. The molecule has 0 aliphatic heterocycles. The summed E-state index contributed by atoms with van der Waals surface area (Å²) in [5, 5.41) is 13.3. The van der Waals surface area contributed by atoms with E-state index in [1.807, 2.05) is 20.8 Å². The van der Waals surface area contributed by atoms with Crippen LogP contribution in [-0.4, -0.2) is 9.91 Å². The van der Waals surface area contributed by atoms with Gasteiger partial charge >= 0.3 is 5.69 Å². The van der Waals surface area contributed by atoms with Crippen LogP contribution in [0.2, 0.25) is 0 Å². The minimum absolute atomic E-state index is 0.125. The van der Waals surface area contributed by atoms with Gasteiger partial charge in [0.25, 0.3) is 0 Å². The number of thiazole rings is 1. The molecule has 0 aliphatic carbocycles. The molecule has 0 aliphatic rings. The summed E-state index contributed by atoms with van der Waals surface area (Å²) in [5.41, 5.74) is -0.0417. The molecule has 0 N–H and O–H groups in total. The zero-order chi connectivity index (χ0) is 14.2. The van der Waals surface area contributed by atoms with Crippen LogP contribution in [-0.2, 0) is 5.41 Å². The van der Waals surface area contributed by atoms with Crippen molar-refractivity contribution in [1.82, 2.24) is 4.98 Å². The van der Waals surface area contributed by atoms with Crippen LogP contribution in [0.5, 0.6) is 0 Å². The number of hydrogen-bond acceptors (Lipinski definition) is 4. The minimum Gasteiger partial charge on any atom is -0.258 e. The highest BCUT2D eigenvalue weighted by Crippen LogP contribution is 2.33. The van der Waals surface area contributed by atoms with Crippen LogP contribution < -0.4 is 0 Å². The second kappa shape index (κ2) is 4.70. The molecule has 0 radical (unpaired) electrons. The Balaban J connectivity index is 2.51. The molecule has 1 aromatic carbocycles. The van der Waals surface area contributed by atoms with Gasteiger partial charge in [-0.3, -0.25) is 10.1 Å². The van der Waals surface area contributed by atoms with Crippen LogP contribution >= 0.6 is 11.3 Å². The lowest BCUT2D eigenvalue weighted by Gasteiger charge is -2.13. The fourth-order valence-corrected chi connectivity index (χ4v) is 2.51. The van der Waals surface area contributed by atoms with E-state index in [2.05, 4.69) is 4.98 Å². The Hall–Kier alpha value is -1.82. The summed E-state index contributed by atoms with van der Waals surface area (Å²) >= 11 is 1.43. The number of hydrogen-bond donors (Lipinski definition) is 0. The van der Waals surface area contributed by atoms with E-state index in [0.717, 1.165) is 11.1 Å². The second-order valence-corrected chi connectivity index (χ2v) is 6.04. The summed E-state index contributed by atoms with van der Waals surface area (Å²) in [6.45, 7) is 6.04. The Morgan fingerprint density at radius 2 is 2.05 bits per heavy atom. The minimum atomic E-state index is -0.835. The van der Waals surface area contributed by atoms with E-state index in [-0.39, 0.29) is 11.0 Å². The van der Waals surface area contributed by atoms with Gasteiger partial charge in [0.15, 0.2) is 0 Å². The lowest BCUT2D eigenvalue weighted by Crippen LogP contribution is -2.10. The summed E-state index contributed by atoms with van der Waals surface area (Å²) in [5.74, 6) is -0.835. The third-order valence-corrected chi connectivity index (χ3v) is 3.86. The Kier molecular flexibility index (Phi) is 3.36. The van der Waals surface area contributed by atoms with E-state index in [4.69, 9.17) is 0 Å². The molecular formula is C13H13FN2O2S. The first-order valence-electron chi connectivity index (χ1n) is 5.70. The topological polar surface area (TPSA) is 56.0 Å². The predicted molar refractivity (Wildman–Crippen MR) is 72.9 cm³/mol. The Bertz CT molecular complexity index is 632. The van der Waals surface area contributed by atoms with Crippen molar-refractivity contribution in [3.05, 3.63) is 44.5 Å². The first-order chi connectivity index (χ1) is 8.80. The summed E-state index contributed by atoms with van der Waals surface area (Å²) in [7, 11) is 0. The average molecular weight is 280 g/mol. The SMILES string of the molecule is CC(C)(C)c1nc(-c2cccc([N+](=O)[O-])c2F)cs1. The van der Waals surface area contributed by atoms with Crippen molar-refractivity contribution in [3.63, 3.8) is 0 Å². The van der Waals surface area contributed by atoms with Crippen LogP contribution in [0, 0.1) is 15.9 Å². The maximum atomic E-state index is 14.0. The van der Waals surface area contributed by atoms with Crippen molar-refractivity contribution in [3.8, 4) is 11.3 Å². The number of nitro groups is 1. The second-order valence-electron chi connectivity index (χ2n) is 5.18. The molecule has 0 fully saturated rings. The van der Waals surface area contributed by atoms with Gasteiger partial charge in [0.2, 0.25) is 5.82 Å². The first kappa shape index (κ1) is 13.6. The number of rotatable bonds is 2. The Labute approximate surface area is 114 Å². The van der Waals surface area contributed by atoms with E-state index >= 15 is 0 Å². The fourth-order valence-electron chi connectivity index (χ4n) is 1.60. The zero-order valence-corrected chi connectivity index (χ0v) is 11.6. The highest BCUT2D eigenvalue weighted by molar-refractivity contribution is 7.10. The van der Waals surface area contributed by atoms with E-state index < -0.39 is 16.4 Å². The van der Waals surface area contributed by atoms with Crippen LogP contribution in [0.4, 0.5) is 10.1 Å². The third-order valence-electron chi connectivity index (χ3n) is 2.60. The standard InChI is InChI=1S/C13H13FN2O2S/c1-13(2,3)12-15-9(7-19-12)8-5-4-6-10(11(8)14)16(17)18/h4-7H,1-3H3. The van der Waals surface area contributed by atoms with Gasteiger partial charge in [0, 0.05) is 22.4 Å². The van der Waals surface area contributed by atoms with Crippen molar-refractivity contribution >= 4 is 17.0 Å². The normalized spacial score (nSPS) is 11.6. The highest BCUT2D eigenvalue weighted by Gasteiger charge is 2.22. The van der Waals surface area contributed by atoms with Crippen LogP contribution in [0.15, 0.2) is 23.6 Å². The van der Waals surface area contributed by atoms with E-state index in [1.54, 1.807) is 5.38 Å². The van der Waals surface area contributed by atoms with Gasteiger partial charge in [-0.2, -0.15) is 4.39 Å². The Morgan fingerprint density at radius 1 is 1.37 bits per heavy atom. The summed E-state index contributed by atoms with van der Waals surface area (Å²) in [6, 6.07) is 4.12. The quantitative estimate of drug-likeness (QED) is 0.613. The molecule has 0 amide bonds. The maximum Gasteiger partial charge on any atom is 0.305 e. The number of halogens is 1. The molecule has 6 heteroatoms. The third kappa shape index (κ3) is 2.63. The molecule has 4 nitrogen and oxygen atoms in total. The van der Waals surface area contributed by atoms with Gasteiger partial charge in [0.05, 0.1) is 15.6 Å². The number of nitrogens with zero attached hydrogens (tertiary/aromatic N) is 2. The molecule has 100 valence electrons. The molecule has 0 saturated carbocycles. The van der Waals surface area contributed by atoms with Crippen molar-refractivity contribution in [2.75, 3.05) is 0 Å². The highest BCUT2D eigenvalue weighted by atomic mass is 32.1. The van der Waals surface area contributed by atoms with Crippen LogP contribution in [0.3, 0.4) is 0 Å². The summed E-state index contributed by atoms with van der Waals surface area (Å²) in [4.78, 5) is 14.4. The predicted octanol–water partition coefficient (Wildman–Crippen LogP) is 4.15. The van der Waals surface area contributed by atoms with Gasteiger partial charge in [-0.1, -0.05) is 26.8 Å². The van der Waals surface area contributed by atoms with Gasteiger partial charge in [-0.15, -0.1) is 11.3 Å². The zero-order valence-electron chi connectivity index (χ0n) is 10.8. The van der Waals surface area contributed by atoms with E-state index in [9.17, 15) is 14.5 Å². The molecule has 0 bridgehead atoms. The number of benzene rings is 1. The molecule has 0 spiro atoms. The fraction of sp³-hybridized carbons (Fsp3) is 0.308. The van der Waals surface area contributed by atoms with Gasteiger partial charge in [-0.05, 0) is 6.07 Å². The van der Waals surface area contributed by atoms with Crippen molar-refractivity contribution < 1.29 is 9.31 Å². The van der Waals surface area contributed by atoms with Crippen molar-refractivity contribution in [2.45, 2.75) is 26.2 Å². The molecule has 1 aromatic heterocycles. The van der Waals surface area contributed by atoms with Crippen molar-refractivity contribution in [1.29, 1.82) is 0 Å². The van der Waals surface area contributed by atoms with E-state index in [1.165, 1.54) is 23.5 Å². The molecule has 19 heavy (non-hydrogen) atoms. The van der Waals surface area contributed by atoms with Crippen LogP contribution in [0.25, 0.3) is 11.3 Å². The lowest BCUT2D eigenvalue weighted by atomic mass is 9.98. The molecule has 0 unspecified atom stereocenters. The number of nitro benzene ring substituents is 1. The first-order valence-corrected chi connectivity index (χ1v) is 6.58. The molecule has 0 atom stereocenters. The Morgan fingerprint density at radius 3 is 2.58 bits per heavy atom. The van der Waals surface area contributed by atoms with Gasteiger partial charge < -0.3 is 0 Å². The van der Waals surface area contributed by atoms with Gasteiger partial charge in [-0.25, -0.2) is 4.98 Å². The summed E-state index contributed by atoms with van der Waals surface area (Å²) in [6.07, 6.45) is 0. The maximum absolute atomic E-state index is 14.0. The molecular weight excluding hydrogens is 267 g/mol. The monoisotopic (exact) mass is 280 g/mol. The largest absolute Gasteiger partial charge is 0.305 e. The molecule has 0 saturated heterocycles. The van der Waals surface area contributed by atoms with E-state index in [0.29, 0.717) is 5.69 Å². The van der Waals surface area contributed by atoms with Crippen molar-refractivity contribution in [2.24, 2.45) is 0 Å².